The average Bonchev–Trinajstić information content (AvgIpc) is 2.89. The molecule has 2 fully saturated rings. The zero-order valence-corrected chi connectivity index (χ0v) is 17.1. The Labute approximate surface area is 169 Å². The number of nitrogens with zero attached hydrogens (tertiary/aromatic N) is 2. The van der Waals surface area contributed by atoms with E-state index in [-0.39, 0.29) is 5.54 Å². The average molecular weight is 377 g/mol. The van der Waals surface area contributed by atoms with Crippen molar-refractivity contribution in [3.05, 3.63) is 71.3 Å². The van der Waals surface area contributed by atoms with Crippen molar-refractivity contribution < 1.29 is 4.79 Å². The summed E-state index contributed by atoms with van der Waals surface area (Å²) in [5.41, 5.74) is 4.02. The molecular formula is C25H32N2O. The van der Waals surface area contributed by atoms with Gasteiger partial charge in [0.1, 0.15) is 0 Å². The summed E-state index contributed by atoms with van der Waals surface area (Å²) in [6, 6.07) is 19.4. The van der Waals surface area contributed by atoms with E-state index in [1.807, 2.05) is 0 Å². The van der Waals surface area contributed by atoms with E-state index in [2.05, 4.69) is 71.3 Å². The maximum Gasteiger partial charge on any atom is 0.223 e. The third kappa shape index (κ3) is 4.30. The predicted molar refractivity (Wildman–Crippen MR) is 114 cm³/mol. The molecule has 28 heavy (non-hydrogen) atoms. The van der Waals surface area contributed by atoms with E-state index in [4.69, 9.17) is 0 Å². The molecule has 0 saturated carbocycles. The minimum Gasteiger partial charge on any atom is -0.333 e. The van der Waals surface area contributed by atoms with Gasteiger partial charge in [-0.15, -0.1) is 0 Å². The standard InChI is InChI=1S/C25H32N2O/c1-21-8-10-23(11-9-21)20-27-24(28)12-15-25(27)14-5-17-26(19-16-25)18-13-22-6-3-2-4-7-22/h2-4,6-11H,5,12-20H2,1H3/t25-/m1/s1. The van der Waals surface area contributed by atoms with Crippen LogP contribution in [0.15, 0.2) is 54.6 Å². The Morgan fingerprint density at radius 1 is 0.893 bits per heavy atom. The summed E-state index contributed by atoms with van der Waals surface area (Å²) in [7, 11) is 0. The van der Waals surface area contributed by atoms with Crippen LogP contribution in [0.2, 0.25) is 0 Å². The minimum atomic E-state index is 0.0729. The molecule has 0 aromatic heterocycles. The fraction of sp³-hybridized carbons (Fsp3) is 0.480. The van der Waals surface area contributed by atoms with Crippen LogP contribution in [-0.4, -0.2) is 40.9 Å². The summed E-state index contributed by atoms with van der Waals surface area (Å²) in [5.74, 6) is 0.346. The van der Waals surface area contributed by atoms with Crippen molar-refractivity contribution in [2.24, 2.45) is 0 Å². The molecule has 1 atom stereocenters. The second-order valence-corrected chi connectivity index (χ2v) is 8.62. The number of hydrogen-bond donors (Lipinski definition) is 0. The lowest BCUT2D eigenvalue weighted by Crippen LogP contribution is -2.46. The molecule has 1 spiro atoms. The van der Waals surface area contributed by atoms with Crippen LogP contribution in [0, 0.1) is 6.92 Å². The maximum atomic E-state index is 12.7. The van der Waals surface area contributed by atoms with Gasteiger partial charge in [0.15, 0.2) is 0 Å². The number of carbonyl (C=O) groups is 1. The van der Waals surface area contributed by atoms with Gasteiger partial charge in [-0.3, -0.25) is 4.79 Å². The van der Waals surface area contributed by atoms with E-state index in [9.17, 15) is 4.79 Å². The van der Waals surface area contributed by atoms with Crippen molar-refractivity contribution >= 4 is 5.91 Å². The van der Waals surface area contributed by atoms with Crippen molar-refractivity contribution in [1.82, 2.24) is 9.80 Å². The van der Waals surface area contributed by atoms with Gasteiger partial charge in [-0.25, -0.2) is 0 Å². The summed E-state index contributed by atoms with van der Waals surface area (Å²) in [5, 5.41) is 0. The van der Waals surface area contributed by atoms with Crippen LogP contribution >= 0.6 is 0 Å². The molecule has 2 aliphatic heterocycles. The quantitative estimate of drug-likeness (QED) is 0.762. The number of hydrogen-bond acceptors (Lipinski definition) is 2. The van der Waals surface area contributed by atoms with Crippen molar-refractivity contribution in [3.8, 4) is 0 Å². The molecule has 2 aromatic carbocycles. The largest absolute Gasteiger partial charge is 0.333 e. The Morgan fingerprint density at radius 3 is 2.46 bits per heavy atom. The lowest BCUT2D eigenvalue weighted by Gasteiger charge is -2.38. The van der Waals surface area contributed by atoms with Crippen LogP contribution in [0.25, 0.3) is 0 Å². The Morgan fingerprint density at radius 2 is 1.68 bits per heavy atom. The van der Waals surface area contributed by atoms with Crippen LogP contribution in [0.1, 0.15) is 48.8 Å². The number of carbonyl (C=O) groups excluding carboxylic acids is 1. The van der Waals surface area contributed by atoms with Crippen molar-refractivity contribution in [3.63, 3.8) is 0 Å². The molecule has 2 saturated heterocycles. The Kier molecular flexibility index (Phi) is 5.82. The summed E-state index contributed by atoms with van der Waals surface area (Å²) in [6.07, 6.45) is 6.30. The normalized spacial score (nSPS) is 23.3. The molecule has 0 bridgehead atoms. The highest BCUT2D eigenvalue weighted by Crippen LogP contribution is 2.40. The molecule has 1 amide bonds. The molecule has 2 aliphatic rings. The molecule has 0 aliphatic carbocycles. The van der Waals surface area contributed by atoms with Gasteiger partial charge in [-0.1, -0.05) is 60.2 Å². The van der Waals surface area contributed by atoms with E-state index in [0.717, 1.165) is 58.3 Å². The van der Waals surface area contributed by atoms with Gasteiger partial charge in [-0.05, 0) is 56.7 Å². The Bertz CT molecular complexity index is 786. The molecular weight excluding hydrogens is 344 g/mol. The van der Waals surface area contributed by atoms with E-state index >= 15 is 0 Å². The number of aryl methyl sites for hydroxylation is 1. The summed E-state index contributed by atoms with van der Waals surface area (Å²) >= 11 is 0. The van der Waals surface area contributed by atoms with Gasteiger partial charge in [0.05, 0.1) is 0 Å². The van der Waals surface area contributed by atoms with Gasteiger partial charge < -0.3 is 9.80 Å². The zero-order chi connectivity index (χ0) is 19.4. The van der Waals surface area contributed by atoms with Crippen LogP contribution in [0.5, 0.6) is 0 Å². The van der Waals surface area contributed by atoms with Gasteiger partial charge in [0.25, 0.3) is 0 Å². The molecule has 0 radical (unpaired) electrons. The number of likely N-dealkylation sites (tertiary alicyclic amines) is 2. The first kappa shape index (κ1) is 19.2. The van der Waals surface area contributed by atoms with E-state index in [0.29, 0.717) is 5.91 Å². The first-order chi connectivity index (χ1) is 13.6. The third-order valence-corrected chi connectivity index (χ3v) is 6.71. The molecule has 3 nitrogen and oxygen atoms in total. The molecule has 0 N–H and O–H groups in total. The fourth-order valence-electron chi connectivity index (χ4n) is 4.92. The van der Waals surface area contributed by atoms with Crippen LogP contribution < -0.4 is 0 Å². The molecule has 3 heteroatoms. The number of benzene rings is 2. The predicted octanol–water partition coefficient (Wildman–Crippen LogP) is 4.58. The zero-order valence-electron chi connectivity index (χ0n) is 17.1. The number of rotatable bonds is 5. The van der Waals surface area contributed by atoms with Gasteiger partial charge in [-0.2, -0.15) is 0 Å². The summed E-state index contributed by atoms with van der Waals surface area (Å²) in [4.78, 5) is 17.6. The van der Waals surface area contributed by atoms with Crippen LogP contribution in [0.3, 0.4) is 0 Å². The molecule has 2 aromatic rings. The summed E-state index contributed by atoms with van der Waals surface area (Å²) in [6.45, 7) is 6.25. The molecule has 4 rings (SSSR count). The molecule has 2 heterocycles. The van der Waals surface area contributed by atoms with Gasteiger partial charge in [0.2, 0.25) is 5.91 Å². The monoisotopic (exact) mass is 376 g/mol. The number of amides is 1. The smallest absolute Gasteiger partial charge is 0.223 e. The Hall–Kier alpha value is -2.13. The topological polar surface area (TPSA) is 23.6 Å². The van der Waals surface area contributed by atoms with E-state index in [1.54, 1.807) is 0 Å². The van der Waals surface area contributed by atoms with E-state index in [1.165, 1.54) is 23.1 Å². The lowest BCUT2D eigenvalue weighted by molar-refractivity contribution is -0.132. The van der Waals surface area contributed by atoms with Crippen molar-refractivity contribution in [2.75, 3.05) is 19.6 Å². The van der Waals surface area contributed by atoms with Crippen molar-refractivity contribution in [1.29, 1.82) is 0 Å². The maximum absolute atomic E-state index is 12.7. The highest BCUT2D eigenvalue weighted by atomic mass is 16.2. The SMILES string of the molecule is Cc1ccc(CN2C(=O)CC[C@@]23CCCN(CCc2ccccc2)CC3)cc1. The van der Waals surface area contributed by atoms with Crippen LogP contribution in [0.4, 0.5) is 0 Å². The Balaban J connectivity index is 1.40. The van der Waals surface area contributed by atoms with Crippen LogP contribution in [-0.2, 0) is 17.8 Å². The second kappa shape index (κ2) is 8.48. The highest BCUT2D eigenvalue weighted by Gasteiger charge is 2.45. The fourth-order valence-corrected chi connectivity index (χ4v) is 4.92. The highest BCUT2D eigenvalue weighted by molar-refractivity contribution is 5.79. The van der Waals surface area contributed by atoms with E-state index < -0.39 is 0 Å². The first-order valence-corrected chi connectivity index (χ1v) is 10.8. The minimum absolute atomic E-state index is 0.0729. The third-order valence-electron chi connectivity index (χ3n) is 6.71. The van der Waals surface area contributed by atoms with Gasteiger partial charge >= 0.3 is 0 Å². The van der Waals surface area contributed by atoms with Crippen molar-refractivity contribution in [2.45, 2.75) is 57.5 Å². The second-order valence-electron chi connectivity index (χ2n) is 8.62. The first-order valence-electron chi connectivity index (χ1n) is 10.8. The lowest BCUT2D eigenvalue weighted by atomic mass is 9.87. The van der Waals surface area contributed by atoms with Gasteiger partial charge in [0, 0.05) is 31.6 Å². The summed E-state index contributed by atoms with van der Waals surface area (Å²) < 4.78 is 0. The molecule has 0 unspecified atom stereocenters. The molecule has 148 valence electrons.